The number of halogens is 4. The molecule has 7 heteroatoms. The van der Waals surface area contributed by atoms with Gasteiger partial charge in [0.2, 0.25) is 0 Å². The molecule has 0 aliphatic heterocycles. The summed E-state index contributed by atoms with van der Waals surface area (Å²) < 4.78 is 37.3. The molecule has 0 saturated heterocycles. The molecule has 3 nitrogen and oxygen atoms in total. The summed E-state index contributed by atoms with van der Waals surface area (Å²) in [7, 11) is 0. The largest absolute Gasteiger partial charge is 0.417 e. The minimum atomic E-state index is -4.45. The Kier molecular flexibility index (Phi) is 4.45. The van der Waals surface area contributed by atoms with Crippen LogP contribution in [-0.4, -0.2) is 17.1 Å². The Bertz CT molecular complexity index is 416. The first-order valence-electron chi connectivity index (χ1n) is 5.43. The molecule has 0 saturated carbocycles. The maximum absolute atomic E-state index is 12.4. The second kappa shape index (κ2) is 5.32. The molecule has 1 aromatic heterocycles. The second-order valence-corrected chi connectivity index (χ2v) is 4.70. The van der Waals surface area contributed by atoms with Gasteiger partial charge in [0.25, 0.3) is 0 Å². The minimum absolute atomic E-state index is 0.0713. The van der Waals surface area contributed by atoms with Crippen LogP contribution >= 0.6 is 11.6 Å². The number of rotatable bonds is 4. The van der Waals surface area contributed by atoms with E-state index in [4.69, 9.17) is 17.3 Å². The number of nitrogens with one attached hydrogen (secondary N) is 1. The van der Waals surface area contributed by atoms with Crippen LogP contribution in [-0.2, 0) is 6.18 Å². The van der Waals surface area contributed by atoms with Gasteiger partial charge in [-0.25, -0.2) is 4.98 Å². The van der Waals surface area contributed by atoms with Crippen molar-refractivity contribution < 1.29 is 13.2 Å². The molecule has 1 unspecified atom stereocenters. The zero-order valence-corrected chi connectivity index (χ0v) is 10.9. The first kappa shape index (κ1) is 15.0. The minimum Gasteiger partial charge on any atom is -0.362 e. The van der Waals surface area contributed by atoms with Gasteiger partial charge in [-0.2, -0.15) is 13.2 Å². The summed E-state index contributed by atoms with van der Waals surface area (Å²) in [5, 5.41) is 2.89. The Morgan fingerprint density at radius 2 is 2.06 bits per heavy atom. The number of hydrogen-bond donors (Lipinski definition) is 2. The van der Waals surface area contributed by atoms with E-state index in [0.717, 1.165) is 12.3 Å². The highest BCUT2D eigenvalue weighted by Crippen LogP contribution is 2.33. The van der Waals surface area contributed by atoms with E-state index in [1.807, 2.05) is 13.8 Å². The van der Waals surface area contributed by atoms with Crippen molar-refractivity contribution in [3.8, 4) is 0 Å². The summed E-state index contributed by atoms with van der Waals surface area (Å²) >= 11 is 5.79. The molecular formula is C11H15ClF3N3. The second-order valence-electron chi connectivity index (χ2n) is 4.30. The van der Waals surface area contributed by atoms with E-state index in [2.05, 4.69) is 10.3 Å². The number of anilines is 1. The quantitative estimate of drug-likeness (QED) is 0.890. The standard InChI is InChI=1S/C11H15ClF3N3/c1-3-10(2,6-16)18-9-8(12)4-7(5-17-9)11(13,14)15/h4-5H,3,6,16H2,1-2H3,(H,17,18). The zero-order chi connectivity index (χ0) is 14.0. The lowest BCUT2D eigenvalue weighted by molar-refractivity contribution is -0.137. The van der Waals surface area contributed by atoms with Gasteiger partial charge in [-0.15, -0.1) is 0 Å². The summed E-state index contributed by atoms with van der Waals surface area (Å²) in [5.41, 5.74) is 4.28. The molecule has 1 aromatic rings. The van der Waals surface area contributed by atoms with E-state index in [1.165, 1.54) is 0 Å². The van der Waals surface area contributed by atoms with E-state index in [0.29, 0.717) is 13.0 Å². The molecule has 0 aliphatic carbocycles. The normalized spacial score (nSPS) is 15.3. The van der Waals surface area contributed by atoms with Crippen molar-refractivity contribution in [3.63, 3.8) is 0 Å². The molecule has 0 bridgehead atoms. The molecule has 18 heavy (non-hydrogen) atoms. The molecule has 1 atom stereocenters. The summed E-state index contributed by atoms with van der Waals surface area (Å²) in [6, 6.07) is 0.851. The molecule has 0 radical (unpaired) electrons. The first-order valence-corrected chi connectivity index (χ1v) is 5.80. The van der Waals surface area contributed by atoms with Crippen LogP contribution in [0.3, 0.4) is 0 Å². The monoisotopic (exact) mass is 281 g/mol. The van der Waals surface area contributed by atoms with E-state index < -0.39 is 17.3 Å². The summed E-state index contributed by atoms with van der Waals surface area (Å²) in [6.07, 6.45) is -3.00. The lowest BCUT2D eigenvalue weighted by Crippen LogP contribution is -2.42. The average molecular weight is 282 g/mol. The van der Waals surface area contributed by atoms with Crippen molar-refractivity contribution in [3.05, 3.63) is 22.8 Å². The van der Waals surface area contributed by atoms with E-state index in [9.17, 15) is 13.2 Å². The Morgan fingerprint density at radius 3 is 2.44 bits per heavy atom. The van der Waals surface area contributed by atoms with Crippen molar-refractivity contribution in [2.75, 3.05) is 11.9 Å². The van der Waals surface area contributed by atoms with Crippen molar-refractivity contribution in [1.29, 1.82) is 0 Å². The molecule has 102 valence electrons. The maximum atomic E-state index is 12.4. The number of aromatic nitrogens is 1. The topological polar surface area (TPSA) is 50.9 Å². The van der Waals surface area contributed by atoms with Crippen molar-refractivity contribution >= 4 is 17.4 Å². The third-order valence-corrected chi connectivity index (χ3v) is 3.11. The van der Waals surface area contributed by atoms with Crippen LogP contribution in [0.1, 0.15) is 25.8 Å². The van der Waals surface area contributed by atoms with Gasteiger partial charge in [0, 0.05) is 18.3 Å². The third kappa shape index (κ3) is 3.49. The molecule has 1 heterocycles. The predicted octanol–water partition coefficient (Wildman–Crippen LogP) is 3.29. The van der Waals surface area contributed by atoms with Crippen molar-refractivity contribution in [1.82, 2.24) is 4.98 Å². The lowest BCUT2D eigenvalue weighted by Gasteiger charge is -2.29. The Hall–Kier alpha value is -1.01. The molecule has 1 rings (SSSR count). The van der Waals surface area contributed by atoms with Crippen molar-refractivity contribution in [2.45, 2.75) is 32.0 Å². The van der Waals surface area contributed by atoms with Gasteiger partial charge >= 0.3 is 6.18 Å². The summed E-state index contributed by atoms with van der Waals surface area (Å²) in [4.78, 5) is 3.71. The SMILES string of the molecule is CCC(C)(CN)Nc1ncc(C(F)(F)F)cc1Cl. The van der Waals surface area contributed by atoms with Crippen LogP contribution < -0.4 is 11.1 Å². The Labute approximate surface area is 109 Å². The van der Waals surface area contributed by atoms with Crippen LogP contribution in [0.2, 0.25) is 5.02 Å². The zero-order valence-electron chi connectivity index (χ0n) is 10.1. The molecule has 0 aromatic carbocycles. The highest BCUT2D eigenvalue weighted by atomic mass is 35.5. The van der Waals surface area contributed by atoms with Gasteiger partial charge in [0.05, 0.1) is 10.6 Å². The van der Waals surface area contributed by atoms with Crippen molar-refractivity contribution in [2.24, 2.45) is 5.73 Å². The summed E-state index contributed by atoms with van der Waals surface area (Å²) in [6.45, 7) is 4.09. The number of pyridine rings is 1. The molecule has 3 N–H and O–H groups in total. The number of hydrogen-bond acceptors (Lipinski definition) is 3. The smallest absolute Gasteiger partial charge is 0.362 e. The molecular weight excluding hydrogens is 267 g/mol. The van der Waals surface area contributed by atoms with Crippen LogP contribution in [0, 0.1) is 0 Å². The van der Waals surface area contributed by atoms with E-state index in [1.54, 1.807) is 0 Å². The van der Waals surface area contributed by atoms with E-state index >= 15 is 0 Å². The fraction of sp³-hybridized carbons (Fsp3) is 0.545. The predicted molar refractivity (Wildman–Crippen MR) is 65.6 cm³/mol. The van der Waals surface area contributed by atoms with Crippen LogP contribution in [0.4, 0.5) is 19.0 Å². The number of alkyl halides is 3. The molecule has 0 amide bonds. The molecule has 0 aliphatic rings. The highest BCUT2D eigenvalue weighted by Gasteiger charge is 2.32. The fourth-order valence-corrected chi connectivity index (χ4v) is 1.47. The van der Waals surface area contributed by atoms with Gasteiger partial charge in [-0.3, -0.25) is 0 Å². The average Bonchev–Trinajstić information content (AvgIpc) is 2.30. The number of nitrogens with two attached hydrogens (primary N) is 1. The first-order chi connectivity index (χ1) is 8.22. The fourth-order valence-electron chi connectivity index (χ4n) is 1.25. The highest BCUT2D eigenvalue weighted by molar-refractivity contribution is 6.33. The van der Waals surface area contributed by atoms with Crippen LogP contribution in [0.5, 0.6) is 0 Å². The van der Waals surface area contributed by atoms with E-state index in [-0.39, 0.29) is 10.8 Å². The van der Waals surface area contributed by atoms with Crippen LogP contribution in [0.25, 0.3) is 0 Å². The summed E-state index contributed by atoms with van der Waals surface area (Å²) in [5.74, 6) is 0.208. The number of nitrogens with zero attached hydrogens (tertiary/aromatic N) is 1. The van der Waals surface area contributed by atoms with Gasteiger partial charge in [-0.1, -0.05) is 18.5 Å². The van der Waals surface area contributed by atoms with Crippen LogP contribution in [0.15, 0.2) is 12.3 Å². The van der Waals surface area contributed by atoms with Gasteiger partial charge in [0.1, 0.15) is 5.82 Å². The Morgan fingerprint density at radius 1 is 1.44 bits per heavy atom. The Balaban J connectivity index is 3.00. The third-order valence-electron chi connectivity index (χ3n) is 2.82. The molecule has 0 spiro atoms. The maximum Gasteiger partial charge on any atom is 0.417 e. The molecule has 0 fully saturated rings. The lowest BCUT2D eigenvalue weighted by atomic mass is 9.99. The van der Waals surface area contributed by atoms with Gasteiger partial charge in [0.15, 0.2) is 0 Å². The van der Waals surface area contributed by atoms with Gasteiger partial charge in [-0.05, 0) is 19.4 Å². The van der Waals surface area contributed by atoms with Gasteiger partial charge < -0.3 is 11.1 Å².